The molecule has 5 rings (SSSR count). The van der Waals surface area contributed by atoms with Gasteiger partial charge in [-0.05, 0) is 28.0 Å². The van der Waals surface area contributed by atoms with Gasteiger partial charge in [0.1, 0.15) is 0 Å². The van der Waals surface area contributed by atoms with E-state index in [-0.39, 0.29) is 5.78 Å². The van der Waals surface area contributed by atoms with Crippen molar-refractivity contribution in [1.82, 2.24) is 0 Å². The second kappa shape index (κ2) is 7.26. The summed E-state index contributed by atoms with van der Waals surface area (Å²) in [6.45, 7) is 0. The fourth-order valence-electron chi connectivity index (χ4n) is 3.67. The molecule has 0 saturated heterocycles. The van der Waals surface area contributed by atoms with Crippen LogP contribution < -0.4 is 4.90 Å². The summed E-state index contributed by atoms with van der Waals surface area (Å²) in [5, 5.41) is 3.40. The van der Waals surface area contributed by atoms with Crippen molar-refractivity contribution in [2.24, 2.45) is 0 Å². The minimum Gasteiger partial charge on any atom is -0.338 e. The van der Waals surface area contributed by atoms with Crippen LogP contribution in [0.15, 0.2) is 107 Å². The molecule has 4 aromatic carbocycles. The maximum atomic E-state index is 12.9. The van der Waals surface area contributed by atoms with E-state index in [1.807, 2.05) is 49.5 Å². The van der Waals surface area contributed by atoms with E-state index >= 15 is 0 Å². The van der Waals surface area contributed by atoms with Crippen LogP contribution in [0.25, 0.3) is 21.9 Å². The normalized spacial score (nSPS) is 14.4. The average Bonchev–Trinajstić information content (AvgIpc) is 3.10. The van der Waals surface area contributed by atoms with Crippen LogP contribution >= 0.6 is 11.8 Å². The van der Waals surface area contributed by atoms with E-state index in [2.05, 4.69) is 53.4 Å². The van der Waals surface area contributed by atoms with Crippen molar-refractivity contribution in [2.75, 3.05) is 11.9 Å². The fourth-order valence-corrected chi connectivity index (χ4v) is 4.89. The van der Waals surface area contributed by atoms with Crippen LogP contribution in [0.1, 0.15) is 10.4 Å². The quantitative estimate of drug-likeness (QED) is 0.283. The molecular weight excluding hydrogens is 374 g/mol. The number of ketones is 1. The number of benzene rings is 4. The summed E-state index contributed by atoms with van der Waals surface area (Å²) >= 11 is 1.66. The number of hydrogen-bond donors (Lipinski definition) is 0. The minimum atomic E-state index is 0.0241. The lowest BCUT2D eigenvalue weighted by Crippen LogP contribution is -2.11. The van der Waals surface area contributed by atoms with Gasteiger partial charge in [-0.25, -0.2) is 0 Å². The van der Waals surface area contributed by atoms with Gasteiger partial charge in [-0.15, -0.1) is 0 Å². The number of thioether (sulfide) groups is 1. The molecular formula is C26H19NOS. The van der Waals surface area contributed by atoms with E-state index in [0.717, 1.165) is 21.8 Å². The predicted octanol–water partition coefficient (Wildman–Crippen LogP) is 6.77. The molecule has 0 aliphatic carbocycles. The lowest BCUT2D eigenvalue weighted by molar-refractivity contribution is 0.104. The van der Waals surface area contributed by atoms with Crippen LogP contribution in [0.4, 0.5) is 5.69 Å². The van der Waals surface area contributed by atoms with Gasteiger partial charge in [0.15, 0.2) is 5.78 Å². The highest BCUT2D eigenvalue weighted by molar-refractivity contribution is 8.04. The van der Waals surface area contributed by atoms with Crippen LogP contribution in [0, 0.1) is 0 Å². The van der Waals surface area contributed by atoms with Crippen molar-refractivity contribution in [3.8, 4) is 11.1 Å². The van der Waals surface area contributed by atoms with E-state index in [0.29, 0.717) is 5.56 Å². The molecule has 0 spiro atoms. The third-order valence-electron chi connectivity index (χ3n) is 5.29. The van der Waals surface area contributed by atoms with Crippen molar-refractivity contribution >= 4 is 34.0 Å². The lowest BCUT2D eigenvalue weighted by atomic mass is 10.0. The van der Waals surface area contributed by atoms with Crippen molar-refractivity contribution in [1.29, 1.82) is 0 Å². The van der Waals surface area contributed by atoms with Crippen LogP contribution in [-0.4, -0.2) is 12.8 Å². The van der Waals surface area contributed by atoms with Gasteiger partial charge in [0.25, 0.3) is 0 Å². The zero-order chi connectivity index (χ0) is 19.8. The first-order valence-electron chi connectivity index (χ1n) is 9.55. The summed E-state index contributed by atoms with van der Waals surface area (Å²) in [6, 6.07) is 30.7. The predicted molar refractivity (Wildman–Crippen MR) is 122 cm³/mol. The molecule has 0 aromatic heterocycles. The third-order valence-corrected chi connectivity index (χ3v) is 6.52. The molecule has 1 aliphatic heterocycles. The van der Waals surface area contributed by atoms with E-state index in [9.17, 15) is 4.79 Å². The number of rotatable bonds is 3. The molecule has 0 amide bonds. The number of fused-ring (bicyclic) bond motifs is 3. The molecule has 4 aromatic rings. The standard InChI is InChI=1S/C26H19NOS/c1-27-23-16-15-20-9-5-6-10-22(20)26(23)29-25(27)17-24(28)21-13-11-19(12-14-21)18-7-3-2-4-8-18/h2-17H,1H3. The highest BCUT2D eigenvalue weighted by Gasteiger charge is 2.24. The van der Waals surface area contributed by atoms with E-state index in [4.69, 9.17) is 0 Å². The first-order chi connectivity index (χ1) is 14.2. The Labute approximate surface area is 174 Å². The summed E-state index contributed by atoms with van der Waals surface area (Å²) in [5.74, 6) is 0.0241. The summed E-state index contributed by atoms with van der Waals surface area (Å²) < 4.78 is 0. The molecule has 0 radical (unpaired) electrons. The highest BCUT2D eigenvalue weighted by atomic mass is 32.2. The van der Waals surface area contributed by atoms with Crippen LogP contribution in [0.2, 0.25) is 0 Å². The maximum Gasteiger partial charge on any atom is 0.188 e. The summed E-state index contributed by atoms with van der Waals surface area (Å²) in [4.78, 5) is 16.2. The smallest absolute Gasteiger partial charge is 0.188 e. The molecule has 0 N–H and O–H groups in total. The monoisotopic (exact) mass is 393 g/mol. The number of carbonyl (C=O) groups is 1. The summed E-state index contributed by atoms with van der Waals surface area (Å²) in [6.07, 6.45) is 1.75. The Balaban J connectivity index is 1.43. The third kappa shape index (κ3) is 3.24. The Hall–Kier alpha value is -3.30. The Kier molecular flexibility index (Phi) is 4.45. The van der Waals surface area contributed by atoms with Gasteiger partial charge in [-0.3, -0.25) is 4.79 Å². The van der Waals surface area contributed by atoms with Crippen LogP contribution in [0.3, 0.4) is 0 Å². The Morgan fingerprint density at radius 1 is 0.793 bits per heavy atom. The summed E-state index contributed by atoms with van der Waals surface area (Å²) in [5.41, 5.74) is 4.11. The van der Waals surface area contributed by atoms with E-state index in [1.54, 1.807) is 17.8 Å². The van der Waals surface area contributed by atoms with Gasteiger partial charge in [0.2, 0.25) is 0 Å². The fraction of sp³-hybridized carbons (Fsp3) is 0.0385. The summed E-state index contributed by atoms with van der Waals surface area (Å²) in [7, 11) is 2.02. The van der Waals surface area contributed by atoms with Gasteiger partial charge < -0.3 is 4.90 Å². The van der Waals surface area contributed by atoms with E-state index < -0.39 is 0 Å². The molecule has 0 atom stereocenters. The van der Waals surface area contributed by atoms with Crippen molar-refractivity contribution in [2.45, 2.75) is 4.90 Å². The molecule has 0 bridgehead atoms. The first-order valence-corrected chi connectivity index (χ1v) is 10.4. The van der Waals surface area contributed by atoms with Gasteiger partial charge in [0, 0.05) is 23.6 Å². The molecule has 29 heavy (non-hydrogen) atoms. The van der Waals surface area contributed by atoms with Gasteiger partial charge in [-0.2, -0.15) is 0 Å². The zero-order valence-corrected chi connectivity index (χ0v) is 16.8. The van der Waals surface area contributed by atoms with Crippen LogP contribution in [-0.2, 0) is 0 Å². The van der Waals surface area contributed by atoms with Gasteiger partial charge in [0.05, 0.1) is 10.7 Å². The molecule has 0 unspecified atom stereocenters. The second-order valence-corrected chi connectivity index (χ2v) is 8.12. The topological polar surface area (TPSA) is 20.3 Å². The molecule has 0 fully saturated rings. The average molecular weight is 394 g/mol. The van der Waals surface area contributed by atoms with Gasteiger partial charge >= 0.3 is 0 Å². The van der Waals surface area contributed by atoms with Crippen LogP contribution in [0.5, 0.6) is 0 Å². The Morgan fingerprint density at radius 3 is 2.28 bits per heavy atom. The van der Waals surface area contributed by atoms with Crippen molar-refractivity contribution in [3.05, 3.63) is 108 Å². The highest BCUT2D eigenvalue weighted by Crippen LogP contribution is 2.48. The number of hydrogen-bond acceptors (Lipinski definition) is 3. The molecule has 1 heterocycles. The number of allylic oxidation sites excluding steroid dienone is 1. The second-order valence-electron chi connectivity index (χ2n) is 7.09. The number of nitrogens with zero attached hydrogens (tertiary/aromatic N) is 1. The van der Waals surface area contributed by atoms with Crippen molar-refractivity contribution < 1.29 is 4.79 Å². The Morgan fingerprint density at radius 2 is 1.48 bits per heavy atom. The molecule has 140 valence electrons. The first kappa shape index (κ1) is 17.8. The lowest BCUT2D eigenvalue weighted by Gasteiger charge is -2.13. The SMILES string of the molecule is CN1C(=CC(=O)c2ccc(-c3ccccc3)cc2)Sc2c1ccc1ccccc21. The van der Waals surface area contributed by atoms with Crippen molar-refractivity contribution in [3.63, 3.8) is 0 Å². The van der Waals surface area contributed by atoms with Gasteiger partial charge in [-0.1, -0.05) is 96.7 Å². The number of carbonyl (C=O) groups excluding carboxylic acids is 1. The Bertz CT molecular complexity index is 1240. The molecule has 3 heteroatoms. The molecule has 2 nitrogen and oxygen atoms in total. The largest absolute Gasteiger partial charge is 0.338 e. The molecule has 0 saturated carbocycles. The zero-order valence-electron chi connectivity index (χ0n) is 16.0. The van der Waals surface area contributed by atoms with E-state index in [1.165, 1.54) is 15.7 Å². The number of anilines is 1. The minimum absolute atomic E-state index is 0.0241. The molecule has 1 aliphatic rings. The maximum absolute atomic E-state index is 12.9.